The van der Waals surface area contributed by atoms with Gasteiger partial charge in [0.1, 0.15) is 0 Å². The van der Waals surface area contributed by atoms with Crippen molar-refractivity contribution in [1.29, 1.82) is 0 Å². The molecule has 2 heterocycles. The van der Waals surface area contributed by atoms with Gasteiger partial charge in [-0.25, -0.2) is 0 Å². The van der Waals surface area contributed by atoms with Crippen molar-refractivity contribution in [2.45, 2.75) is 12.8 Å². The van der Waals surface area contributed by atoms with Crippen LogP contribution >= 0.6 is 11.8 Å². The Hall–Kier alpha value is -0.220. The quantitative estimate of drug-likeness (QED) is 0.659. The summed E-state index contributed by atoms with van der Waals surface area (Å²) in [5.74, 6) is 2.41. The first-order chi connectivity index (χ1) is 6.78. The number of rotatable bonds is 1. The highest BCUT2D eigenvalue weighted by atomic mass is 32.2. The van der Waals surface area contributed by atoms with Crippen LogP contribution in [0, 0.1) is 11.3 Å². The van der Waals surface area contributed by atoms with Gasteiger partial charge in [0.2, 0.25) is 0 Å². The lowest BCUT2D eigenvalue weighted by Gasteiger charge is -2.36. The molecule has 0 aromatic rings. The molecule has 3 nitrogen and oxygen atoms in total. The Balaban J connectivity index is 2.11. The Morgan fingerprint density at radius 2 is 2.50 bits per heavy atom. The van der Waals surface area contributed by atoms with Crippen LogP contribution in [0.5, 0.6) is 0 Å². The van der Waals surface area contributed by atoms with Crippen LogP contribution in [0.15, 0.2) is 0 Å². The van der Waals surface area contributed by atoms with E-state index < -0.39 is 0 Å². The van der Waals surface area contributed by atoms with Crippen LogP contribution in [0.3, 0.4) is 0 Å². The number of nitrogens with one attached hydrogen (secondary N) is 1. The molecule has 14 heavy (non-hydrogen) atoms. The third-order valence-corrected chi connectivity index (χ3v) is 4.76. The number of thioether (sulfide) groups is 1. The van der Waals surface area contributed by atoms with Crippen molar-refractivity contribution < 1.29 is 9.53 Å². The third kappa shape index (κ3) is 1.65. The molecular formula is C10H17NO2S. The first kappa shape index (κ1) is 10.3. The maximum Gasteiger partial charge on any atom is 0.310 e. The highest BCUT2D eigenvalue weighted by molar-refractivity contribution is 7.99. The average Bonchev–Trinajstić information content (AvgIpc) is 2.62. The Morgan fingerprint density at radius 1 is 1.64 bits per heavy atom. The molecular weight excluding hydrogens is 198 g/mol. The molecule has 1 N–H and O–H groups in total. The fourth-order valence-corrected chi connectivity index (χ4v) is 3.92. The Morgan fingerprint density at radius 3 is 3.14 bits per heavy atom. The minimum absolute atomic E-state index is 0.0301. The molecule has 0 aromatic heterocycles. The summed E-state index contributed by atoms with van der Waals surface area (Å²) in [5, 5.41) is 3.33. The summed E-state index contributed by atoms with van der Waals surface area (Å²) in [7, 11) is 1.49. The second-order valence-electron chi connectivity index (χ2n) is 4.23. The van der Waals surface area contributed by atoms with Crippen LogP contribution < -0.4 is 5.32 Å². The number of esters is 1. The zero-order valence-corrected chi connectivity index (χ0v) is 9.36. The minimum atomic E-state index is -0.0301. The molecule has 2 rings (SSSR count). The van der Waals surface area contributed by atoms with E-state index in [1.165, 1.54) is 25.7 Å². The summed E-state index contributed by atoms with van der Waals surface area (Å²) >= 11 is 1.97. The first-order valence-corrected chi connectivity index (χ1v) is 6.30. The van der Waals surface area contributed by atoms with Crippen LogP contribution in [0.1, 0.15) is 12.8 Å². The Labute approximate surface area is 89.0 Å². The molecule has 2 saturated heterocycles. The normalized spacial score (nSPS) is 37.4. The molecule has 0 bridgehead atoms. The third-order valence-electron chi connectivity index (χ3n) is 3.40. The van der Waals surface area contributed by atoms with Crippen molar-refractivity contribution in [3.05, 3.63) is 0 Å². The first-order valence-electron chi connectivity index (χ1n) is 5.15. The zero-order chi connectivity index (χ0) is 10.0. The van der Waals surface area contributed by atoms with Gasteiger partial charge in [-0.15, -0.1) is 0 Å². The molecule has 0 radical (unpaired) electrons. The number of hydrogen-bond acceptors (Lipinski definition) is 4. The largest absolute Gasteiger partial charge is 0.469 e. The van der Waals surface area contributed by atoms with Crippen LogP contribution in [0.25, 0.3) is 0 Å². The van der Waals surface area contributed by atoms with Gasteiger partial charge >= 0.3 is 5.97 Å². The molecule has 2 atom stereocenters. The highest BCUT2D eigenvalue weighted by Crippen LogP contribution is 2.43. The van der Waals surface area contributed by atoms with Crippen LogP contribution in [0.2, 0.25) is 0 Å². The maximum absolute atomic E-state index is 11.6. The van der Waals surface area contributed by atoms with Gasteiger partial charge in [-0.3, -0.25) is 4.79 Å². The molecule has 0 aromatic carbocycles. The molecule has 1 spiro atoms. The molecule has 0 aliphatic carbocycles. The molecule has 80 valence electrons. The molecule has 0 saturated carbocycles. The lowest BCUT2D eigenvalue weighted by atomic mass is 9.76. The second-order valence-corrected chi connectivity index (χ2v) is 5.33. The average molecular weight is 215 g/mol. The summed E-state index contributed by atoms with van der Waals surface area (Å²) < 4.78 is 4.87. The van der Waals surface area contributed by atoms with Crippen molar-refractivity contribution in [3.63, 3.8) is 0 Å². The maximum atomic E-state index is 11.6. The van der Waals surface area contributed by atoms with Gasteiger partial charge in [0.05, 0.1) is 13.0 Å². The molecule has 0 amide bonds. The van der Waals surface area contributed by atoms with Crippen LogP contribution in [0.4, 0.5) is 0 Å². The summed E-state index contributed by atoms with van der Waals surface area (Å²) in [6.07, 6.45) is 2.41. The SMILES string of the molecule is COC(=O)C1CNCC12CCCSC2. The van der Waals surface area contributed by atoms with Crippen molar-refractivity contribution in [3.8, 4) is 0 Å². The number of methoxy groups -OCH3 is 1. The lowest BCUT2D eigenvalue weighted by molar-refractivity contribution is -0.148. The van der Waals surface area contributed by atoms with Crippen molar-refractivity contribution in [2.24, 2.45) is 11.3 Å². The topological polar surface area (TPSA) is 38.3 Å². The van der Waals surface area contributed by atoms with E-state index in [1.54, 1.807) is 0 Å². The molecule has 2 unspecified atom stereocenters. The molecule has 2 aliphatic rings. The summed E-state index contributed by atoms with van der Waals surface area (Å²) in [4.78, 5) is 11.6. The fraction of sp³-hybridized carbons (Fsp3) is 0.900. The Kier molecular flexibility index (Phi) is 3.02. The lowest BCUT2D eigenvalue weighted by Crippen LogP contribution is -2.39. The van der Waals surface area contributed by atoms with Gasteiger partial charge in [-0.2, -0.15) is 11.8 Å². The summed E-state index contributed by atoms with van der Waals surface area (Å²) in [5.41, 5.74) is 0.190. The van der Waals surface area contributed by atoms with E-state index >= 15 is 0 Å². The molecule has 4 heteroatoms. The molecule has 2 fully saturated rings. The predicted molar refractivity (Wildman–Crippen MR) is 57.4 cm³/mol. The van der Waals surface area contributed by atoms with Gasteiger partial charge in [0.15, 0.2) is 0 Å². The van der Waals surface area contributed by atoms with Gasteiger partial charge in [-0.1, -0.05) is 0 Å². The van der Waals surface area contributed by atoms with E-state index in [9.17, 15) is 4.79 Å². The number of hydrogen-bond donors (Lipinski definition) is 1. The standard InChI is InChI=1S/C10H17NO2S/c1-13-9(12)8-5-11-6-10(8)3-2-4-14-7-10/h8,11H,2-7H2,1H3. The van der Waals surface area contributed by atoms with Gasteiger partial charge < -0.3 is 10.1 Å². The zero-order valence-electron chi connectivity index (χ0n) is 8.54. The van der Waals surface area contributed by atoms with E-state index in [0.29, 0.717) is 0 Å². The van der Waals surface area contributed by atoms with Crippen molar-refractivity contribution in [1.82, 2.24) is 5.32 Å². The summed E-state index contributed by atoms with van der Waals surface area (Å²) in [6, 6.07) is 0. The smallest absolute Gasteiger partial charge is 0.310 e. The number of carbonyl (C=O) groups is 1. The number of carbonyl (C=O) groups excluding carboxylic acids is 1. The van der Waals surface area contributed by atoms with E-state index in [2.05, 4.69) is 5.32 Å². The second kappa shape index (κ2) is 4.11. The molecule has 2 aliphatic heterocycles. The number of ether oxygens (including phenoxy) is 1. The van der Waals surface area contributed by atoms with E-state index in [-0.39, 0.29) is 17.3 Å². The van der Waals surface area contributed by atoms with Crippen LogP contribution in [-0.4, -0.2) is 37.7 Å². The minimum Gasteiger partial charge on any atom is -0.469 e. The monoisotopic (exact) mass is 215 g/mol. The summed E-state index contributed by atoms with van der Waals surface area (Å²) in [6.45, 7) is 1.78. The predicted octanol–water partition coefficient (Wildman–Crippen LogP) is 0.892. The van der Waals surface area contributed by atoms with Gasteiger partial charge in [0.25, 0.3) is 0 Å². The van der Waals surface area contributed by atoms with Crippen LogP contribution in [-0.2, 0) is 9.53 Å². The fourth-order valence-electron chi connectivity index (χ4n) is 2.57. The van der Waals surface area contributed by atoms with Crippen molar-refractivity contribution in [2.75, 3.05) is 31.7 Å². The van der Waals surface area contributed by atoms with Crippen molar-refractivity contribution >= 4 is 17.7 Å². The van der Waals surface area contributed by atoms with Gasteiger partial charge in [-0.05, 0) is 18.6 Å². The van der Waals surface area contributed by atoms with Gasteiger partial charge in [0, 0.05) is 24.3 Å². The van der Waals surface area contributed by atoms with E-state index in [4.69, 9.17) is 4.74 Å². The van der Waals surface area contributed by atoms with E-state index in [0.717, 1.165) is 18.8 Å². The van der Waals surface area contributed by atoms with E-state index in [1.807, 2.05) is 11.8 Å². The Bertz CT molecular complexity index is 226. The highest BCUT2D eigenvalue weighted by Gasteiger charge is 2.47.